The molecule has 4 nitrogen and oxygen atoms in total. The molecule has 0 radical (unpaired) electrons. The maximum absolute atomic E-state index is 10.8. The third-order valence-corrected chi connectivity index (χ3v) is 2.28. The molecule has 100 valence electrons. The standard InChI is InChI=1S/C14H20O4/c1-2-14(15)18-12-17-10-6-9-16-11-13-7-4-3-5-8-13/h3-5,7-8H,2,6,9-12H2,1H3. The first-order valence-corrected chi connectivity index (χ1v) is 6.18. The number of esters is 1. The van der Waals surface area contributed by atoms with E-state index in [0.717, 1.165) is 12.0 Å². The zero-order valence-electron chi connectivity index (χ0n) is 10.8. The summed E-state index contributed by atoms with van der Waals surface area (Å²) in [5.74, 6) is -0.240. The molecular weight excluding hydrogens is 232 g/mol. The van der Waals surface area contributed by atoms with Crippen LogP contribution in [0.25, 0.3) is 0 Å². The average molecular weight is 252 g/mol. The Hall–Kier alpha value is -1.39. The fourth-order valence-corrected chi connectivity index (χ4v) is 1.30. The molecule has 4 heteroatoms. The summed E-state index contributed by atoms with van der Waals surface area (Å²) in [7, 11) is 0. The van der Waals surface area contributed by atoms with Gasteiger partial charge in [-0.15, -0.1) is 0 Å². The fraction of sp³-hybridized carbons (Fsp3) is 0.500. The van der Waals surface area contributed by atoms with Crippen molar-refractivity contribution in [2.24, 2.45) is 0 Å². The van der Waals surface area contributed by atoms with Crippen LogP contribution in [0.1, 0.15) is 25.3 Å². The van der Waals surface area contributed by atoms with Crippen molar-refractivity contribution >= 4 is 5.97 Å². The third-order valence-electron chi connectivity index (χ3n) is 2.28. The van der Waals surface area contributed by atoms with Crippen molar-refractivity contribution in [3.8, 4) is 0 Å². The summed E-state index contributed by atoms with van der Waals surface area (Å²) >= 11 is 0. The van der Waals surface area contributed by atoms with Crippen molar-refractivity contribution in [1.82, 2.24) is 0 Å². The van der Waals surface area contributed by atoms with E-state index in [-0.39, 0.29) is 12.8 Å². The van der Waals surface area contributed by atoms with E-state index in [9.17, 15) is 4.79 Å². The number of rotatable bonds is 9. The van der Waals surface area contributed by atoms with Crippen molar-refractivity contribution in [3.05, 3.63) is 35.9 Å². The van der Waals surface area contributed by atoms with E-state index in [1.165, 1.54) is 0 Å². The maximum atomic E-state index is 10.8. The Morgan fingerprint density at radius 1 is 1.11 bits per heavy atom. The van der Waals surface area contributed by atoms with Gasteiger partial charge in [-0.2, -0.15) is 0 Å². The Morgan fingerprint density at radius 2 is 1.83 bits per heavy atom. The van der Waals surface area contributed by atoms with Crippen LogP contribution in [0.3, 0.4) is 0 Å². The van der Waals surface area contributed by atoms with Crippen LogP contribution in [0, 0.1) is 0 Å². The lowest BCUT2D eigenvalue weighted by atomic mass is 10.2. The normalized spacial score (nSPS) is 10.3. The summed E-state index contributed by atoms with van der Waals surface area (Å²) in [5, 5.41) is 0. The zero-order valence-corrected chi connectivity index (χ0v) is 10.8. The van der Waals surface area contributed by atoms with E-state index in [1.807, 2.05) is 30.3 Å². The van der Waals surface area contributed by atoms with E-state index in [1.54, 1.807) is 6.92 Å². The van der Waals surface area contributed by atoms with Crippen LogP contribution < -0.4 is 0 Å². The number of hydrogen-bond acceptors (Lipinski definition) is 4. The quantitative estimate of drug-likeness (QED) is 0.385. The number of benzene rings is 1. The number of carbonyl (C=O) groups is 1. The second-order valence-corrected chi connectivity index (χ2v) is 3.79. The van der Waals surface area contributed by atoms with Gasteiger partial charge in [-0.25, -0.2) is 0 Å². The monoisotopic (exact) mass is 252 g/mol. The predicted octanol–water partition coefficient (Wildman–Crippen LogP) is 2.52. The summed E-state index contributed by atoms with van der Waals surface area (Å²) in [5.41, 5.74) is 1.16. The first kappa shape index (κ1) is 14.7. The van der Waals surface area contributed by atoms with Crippen LogP contribution in [0.4, 0.5) is 0 Å². The molecule has 0 fully saturated rings. The topological polar surface area (TPSA) is 44.8 Å². The van der Waals surface area contributed by atoms with E-state index in [4.69, 9.17) is 14.2 Å². The molecule has 0 bridgehead atoms. The minimum atomic E-state index is -0.240. The zero-order chi connectivity index (χ0) is 13.1. The lowest BCUT2D eigenvalue weighted by Gasteiger charge is -2.06. The predicted molar refractivity (Wildman–Crippen MR) is 67.9 cm³/mol. The summed E-state index contributed by atoms with van der Waals surface area (Å²) in [6.07, 6.45) is 1.17. The van der Waals surface area contributed by atoms with Gasteiger partial charge in [0.1, 0.15) is 0 Å². The second-order valence-electron chi connectivity index (χ2n) is 3.79. The Kier molecular flexibility index (Phi) is 7.84. The molecule has 0 aliphatic carbocycles. The van der Waals surface area contributed by atoms with Crippen molar-refractivity contribution in [1.29, 1.82) is 0 Å². The summed E-state index contributed by atoms with van der Waals surface area (Å²) in [4.78, 5) is 10.8. The largest absolute Gasteiger partial charge is 0.438 e. The fourth-order valence-electron chi connectivity index (χ4n) is 1.30. The van der Waals surface area contributed by atoms with Crippen molar-refractivity contribution < 1.29 is 19.0 Å². The molecule has 1 aromatic carbocycles. The van der Waals surface area contributed by atoms with Gasteiger partial charge < -0.3 is 14.2 Å². The van der Waals surface area contributed by atoms with Crippen LogP contribution >= 0.6 is 0 Å². The molecule has 0 atom stereocenters. The number of ether oxygens (including phenoxy) is 3. The minimum absolute atomic E-state index is 0.0331. The molecule has 1 rings (SSSR count). The molecule has 0 saturated carbocycles. The molecule has 0 amide bonds. The summed E-state index contributed by atoms with van der Waals surface area (Å²) in [6.45, 7) is 3.57. The van der Waals surface area contributed by atoms with E-state index in [2.05, 4.69) is 0 Å². The number of hydrogen-bond donors (Lipinski definition) is 0. The molecule has 0 aliphatic heterocycles. The lowest BCUT2D eigenvalue weighted by Crippen LogP contribution is -2.08. The van der Waals surface area contributed by atoms with Gasteiger partial charge in [-0.3, -0.25) is 4.79 Å². The molecule has 0 spiro atoms. The first-order chi connectivity index (χ1) is 8.83. The van der Waals surface area contributed by atoms with Gasteiger partial charge in [-0.1, -0.05) is 37.3 Å². The molecule has 0 aliphatic rings. The van der Waals surface area contributed by atoms with Crippen LogP contribution in [0.2, 0.25) is 0 Å². The molecular formula is C14H20O4. The first-order valence-electron chi connectivity index (χ1n) is 6.18. The highest BCUT2D eigenvalue weighted by atomic mass is 16.7. The highest BCUT2D eigenvalue weighted by Gasteiger charge is 1.97. The minimum Gasteiger partial charge on any atom is -0.438 e. The van der Waals surface area contributed by atoms with Crippen LogP contribution in [0.15, 0.2) is 30.3 Å². The molecule has 1 aromatic rings. The SMILES string of the molecule is CCC(=O)OCOCCCOCc1ccccc1. The van der Waals surface area contributed by atoms with Crippen molar-refractivity contribution in [3.63, 3.8) is 0 Å². The van der Waals surface area contributed by atoms with Crippen LogP contribution in [-0.4, -0.2) is 26.0 Å². The molecule has 18 heavy (non-hydrogen) atoms. The van der Waals surface area contributed by atoms with Gasteiger partial charge in [0.2, 0.25) is 0 Å². The molecule has 0 aromatic heterocycles. The Bertz CT molecular complexity index is 324. The molecule has 0 saturated heterocycles. The highest BCUT2D eigenvalue weighted by Crippen LogP contribution is 2.00. The van der Waals surface area contributed by atoms with Gasteiger partial charge >= 0.3 is 5.97 Å². The highest BCUT2D eigenvalue weighted by molar-refractivity contribution is 5.68. The van der Waals surface area contributed by atoms with Crippen molar-refractivity contribution in [2.75, 3.05) is 20.0 Å². The molecule has 0 N–H and O–H groups in total. The van der Waals surface area contributed by atoms with Gasteiger partial charge in [0.25, 0.3) is 0 Å². The van der Waals surface area contributed by atoms with E-state index < -0.39 is 0 Å². The third kappa shape index (κ3) is 7.04. The summed E-state index contributed by atoms with van der Waals surface area (Å²) in [6, 6.07) is 10.0. The van der Waals surface area contributed by atoms with E-state index in [0.29, 0.717) is 26.2 Å². The van der Waals surface area contributed by atoms with Gasteiger partial charge in [0.15, 0.2) is 6.79 Å². The Morgan fingerprint density at radius 3 is 2.56 bits per heavy atom. The Labute approximate surface area is 108 Å². The smallest absolute Gasteiger partial charge is 0.307 e. The molecule has 0 heterocycles. The van der Waals surface area contributed by atoms with Crippen LogP contribution in [-0.2, 0) is 25.6 Å². The van der Waals surface area contributed by atoms with E-state index >= 15 is 0 Å². The maximum Gasteiger partial charge on any atom is 0.307 e. The number of carbonyl (C=O) groups excluding carboxylic acids is 1. The lowest BCUT2D eigenvalue weighted by molar-refractivity contribution is -0.156. The Balaban J connectivity index is 1.89. The van der Waals surface area contributed by atoms with Crippen molar-refractivity contribution in [2.45, 2.75) is 26.4 Å². The summed E-state index contributed by atoms with van der Waals surface area (Å²) < 4.78 is 15.4. The average Bonchev–Trinajstić information content (AvgIpc) is 2.42. The van der Waals surface area contributed by atoms with Crippen LogP contribution in [0.5, 0.6) is 0 Å². The van der Waals surface area contributed by atoms with Gasteiger partial charge in [0, 0.05) is 13.0 Å². The van der Waals surface area contributed by atoms with Gasteiger partial charge in [-0.05, 0) is 12.0 Å². The van der Waals surface area contributed by atoms with Gasteiger partial charge in [0.05, 0.1) is 13.2 Å². The second kappa shape index (κ2) is 9.62. The molecule has 0 unspecified atom stereocenters.